The van der Waals surface area contributed by atoms with Crippen LogP contribution in [0.15, 0.2) is 30.5 Å². The van der Waals surface area contributed by atoms with Crippen LogP contribution >= 0.6 is 0 Å². The fraction of sp³-hybridized carbons (Fsp3) is 0.188. The molecule has 0 saturated heterocycles. The molecular formula is C16H18N6O. The lowest BCUT2D eigenvalue weighted by Gasteiger charge is -2.10. The van der Waals surface area contributed by atoms with Crippen molar-refractivity contribution in [2.45, 2.75) is 13.8 Å². The Bertz CT molecular complexity index is 842. The van der Waals surface area contributed by atoms with Crippen LogP contribution in [-0.2, 0) is 0 Å². The van der Waals surface area contributed by atoms with Gasteiger partial charge in [-0.3, -0.25) is 5.10 Å². The molecule has 118 valence electrons. The fourth-order valence-corrected chi connectivity index (χ4v) is 2.27. The van der Waals surface area contributed by atoms with Gasteiger partial charge in [-0.15, -0.1) is 0 Å². The standard InChI is InChI=1S/C16H18N6O/c1-9-4-5-11(7-12(9)23-3)15-16(17)20-14(8-18-15)19-13-6-10(2)21-22-13/h4-8H,1-3H3,(H4,17,19,20,21,22). The van der Waals surface area contributed by atoms with Crippen molar-refractivity contribution in [2.75, 3.05) is 18.2 Å². The van der Waals surface area contributed by atoms with Crippen LogP contribution in [0, 0.1) is 13.8 Å². The molecule has 4 N–H and O–H groups in total. The van der Waals surface area contributed by atoms with Crippen LogP contribution < -0.4 is 15.8 Å². The minimum atomic E-state index is 0.341. The number of ether oxygens (including phenoxy) is 1. The maximum absolute atomic E-state index is 6.06. The topological polar surface area (TPSA) is 102 Å². The van der Waals surface area contributed by atoms with Crippen molar-refractivity contribution in [3.8, 4) is 17.0 Å². The van der Waals surface area contributed by atoms with Gasteiger partial charge in [0.1, 0.15) is 11.4 Å². The average molecular weight is 310 g/mol. The van der Waals surface area contributed by atoms with E-state index in [0.29, 0.717) is 23.1 Å². The molecule has 23 heavy (non-hydrogen) atoms. The van der Waals surface area contributed by atoms with E-state index in [9.17, 15) is 0 Å². The van der Waals surface area contributed by atoms with Crippen molar-refractivity contribution in [1.82, 2.24) is 20.2 Å². The van der Waals surface area contributed by atoms with Crippen LogP contribution in [0.5, 0.6) is 5.75 Å². The summed E-state index contributed by atoms with van der Waals surface area (Å²) in [5.41, 5.74) is 9.54. The monoisotopic (exact) mass is 310 g/mol. The van der Waals surface area contributed by atoms with Crippen LogP contribution in [0.3, 0.4) is 0 Å². The van der Waals surface area contributed by atoms with Crippen molar-refractivity contribution < 1.29 is 4.74 Å². The van der Waals surface area contributed by atoms with Gasteiger partial charge in [0.2, 0.25) is 0 Å². The molecule has 2 heterocycles. The number of methoxy groups -OCH3 is 1. The molecule has 3 aromatic rings. The molecule has 0 fully saturated rings. The van der Waals surface area contributed by atoms with Gasteiger partial charge in [-0.25, -0.2) is 9.97 Å². The van der Waals surface area contributed by atoms with Crippen molar-refractivity contribution in [2.24, 2.45) is 0 Å². The maximum atomic E-state index is 6.06. The lowest BCUT2D eigenvalue weighted by Crippen LogP contribution is -2.02. The number of nitrogens with zero attached hydrogens (tertiary/aromatic N) is 3. The second-order valence-electron chi connectivity index (χ2n) is 5.23. The van der Waals surface area contributed by atoms with E-state index >= 15 is 0 Å². The summed E-state index contributed by atoms with van der Waals surface area (Å²) >= 11 is 0. The highest BCUT2D eigenvalue weighted by molar-refractivity contribution is 5.72. The second-order valence-corrected chi connectivity index (χ2v) is 5.23. The van der Waals surface area contributed by atoms with E-state index in [1.807, 2.05) is 38.1 Å². The Labute approximate surface area is 133 Å². The Morgan fingerprint density at radius 1 is 1.17 bits per heavy atom. The molecule has 0 saturated carbocycles. The number of rotatable bonds is 4. The molecule has 0 spiro atoms. The minimum absolute atomic E-state index is 0.341. The maximum Gasteiger partial charge on any atom is 0.153 e. The first-order chi connectivity index (χ1) is 11.1. The Hall–Kier alpha value is -3.09. The summed E-state index contributed by atoms with van der Waals surface area (Å²) in [6.45, 7) is 3.91. The van der Waals surface area contributed by atoms with Crippen molar-refractivity contribution in [1.29, 1.82) is 0 Å². The smallest absolute Gasteiger partial charge is 0.153 e. The number of aromatic amines is 1. The zero-order valence-corrected chi connectivity index (χ0v) is 13.2. The van der Waals surface area contributed by atoms with Gasteiger partial charge in [0.05, 0.1) is 13.3 Å². The van der Waals surface area contributed by atoms with Crippen LogP contribution in [0.1, 0.15) is 11.3 Å². The predicted octanol–water partition coefficient (Wildman–Crippen LogP) is 2.82. The zero-order valence-electron chi connectivity index (χ0n) is 13.2. The zero-order chi connectivity index (χ0) is 16.4. The van der Waals surface area contributed by atoms with E-state index in [-0.39, 0.29) is 0 Å². The summed E-state index contributed by atoms with van der Waals surface area (Å²) in [4.78, 5) is 8.75. The third-order valence-corrected chi connectivity index (χ3v) is 3.44. The first-order valence-corrected chi connectivity index (χ1v) is 7.13. The molecule has 0 radical (unpaired) electrons. The highest BCUT2D eigenvalue weighted by atomic mass is 16.5. The highest BCUT2D eigenvalue weighted by Crippen LogP contribution is 2.29. The Kier molecular flexibility index (Phi) is 3.84. The summed E-state index contributed by atoms with van der Waals surface area (Å²) in [6, 6.07) is 7.69. The number of aromatic nitrogens is 4. The van der Waals surface area contributed by atoms with Gasteiger partial charge in [0.15, 0.2) is 17.5 Å². The molecule has 0 aliphatic heterocycles. The molecule has 2 aromatic heterocycles. The number of hydrogen-bond donors (Lipinski definition) is 3. The summed E-state index contributed by atoms with van der Waals surface area (Å²) in [5.74, 6) is 2.34. The first kappa shape index (κ1) is 14.8. The summed E-state index contributed by atoms with van der Waals surface area (Å²) in [5, 5.41) is 10.0. The molecule has 7 nitrogen and oxygen atoms in total. The molecule has 0 amide bonds. The van der Waals surface area contributed by atoms with Gasteiger partial charge in [0.25, 0.3) is 0 Å². The third-order valence-electron chi connectivity index (χ3n) is 3.44. The van der Waals surface area contributed by atoms with Gasteiger partial charge in [0, 0.05) is 17.3 Å². The molecule has 0 bridgehead atoms. The molecule has 0 unspecified atom stereocenters. The van der Waals surface area contributed by atoms with E-state index in [4.69, 9.17) is 10.5 Å². The number of H-pyrrole nitrogens is 1. The van der Waals surface area contributed by atoms with Gasteiger partial charge in [-0.2, -0.15) is 5.10 Å². The third kappa shape index (κ3) is 3.08. The second kappa shape index (κ2) is 5.96. The fourth-order valence-electron chi connectivity index (χ4n) is 2.27. The summed E-state index contributed by atoms with van der Waals surface area (Å²) in [6.07, 6.45) is 1.63. The van der Waals surface area contributed by atoms with Gasteiger partial charge < -0.3 is 15.8 Å². The van der Waals surface area contributed by atoms with Crippen molar-refractivity contribution in [3.05, 3.63) is 41.7 Å². The average Bonchev–Trinajstić information content (AvgIpc) is 2.93. The molecule has 1 aromatic carbocycles. The number of benzene rings is 1. The van der Waals surface area contributed by atoms with Gasteiger partial charge >= 0.3 is 0 Å². The molecule has 0 aliphatic carbocycles. The first-order valence-electron chi connectivity index (χ1n) is 7.13. The lowest BCUT2D eigenvalue weighted by molar-refractivity contribution is 0.412. The number of aryl methyl sites for hydroxylation is 2. The van der Waals surface area contributed by atoms with Crippen molar-refractivity contribution >= 4 is 17.5 Å². The Morgan fingerprint density at radius 2 is 2.00 bits per heavy atom. The van der Waals surface area contributed by atoms with Gasteiger partial charge in [-0.05, 0) is 25.5 Å². The van der Waals surface area contributed by atoms with E-state index in [2.05, 4.69) is 25.5 Å². The number of nitrogen functional groups attached to an aromatic ring is 1. The molecule has 3 rings (SSSR count). The summed E-state index contributed by atoms with van der Waals surface area (Å²) < 4.78 is 5.34. The van der Waals surface area contributed by atoms with Crippen LogP contribution in [0.2, 0.25) is 0 Å². The number of nitrogens with two attached hydrogens (primary N) is 1. The number of anilines is 3. The highest BCUT2D eigenvalue weighted by Gasteiger charge is 2.10. The molecule has 7 heteroatoms. The van der Waals surface area contributed by atoms with Crippen LogP contribution in [0.25, 0.3) is 11.3 Å². The van der Waals surface area contributed by atoms with Crippen LogP contribution in [0.4, 0.5) is 17.5 Å². The Morgan fingerprint density at radius 3 is 2.65 bits per heavy atom. The number of hydrogen-bond acceptors (Lipinski definition) is 6. The minimum Gasteiger partial charge on any atom is -0.496 e. The quantitative estimate of drug-likeness (QED) is 0.685. The normalized spacial score (nSPS) is 10.6. The largest absolute Gasteiger partial charge is 0.496 e. The van der Waals surface area contributed by atoms with E-state index in [1.165, 1.54) is 0 Å². The van der Waals surface area contributed by atoms with Crippen molar-refractivity contribution in [3.63, 3.8) is 0 Å². The van der Waals surface area contributed by atoms with Crippen LogP contribution in [-0.4, -0.2) is 27.3 Å². The molecule has 0 aliphatic rings. The van der Waals surface area contributed by atoms with E-state index in [0.717, 1.165) is 22.6 Å². The van der Waals surface area contributed by atoms with E-state index in [1.54, 1.807) is 13.3 Å². The Balaban J connectivity index is 1.90. The summed E-state index contributed by atoms with van der Waals surface area (Å²) in [7, 11) is 1.64. The molecular weight excluding hydrogens is 292 g/mol. The molecule has 0 atom stereocenters. The SMILES string of the molecule is COc1cc(-c2ncc(Nc3cc(C)[nH]n3)nc2N)ccc1C. The number of nitrogens with one attached hydrogen (secondary N) is 2. The van der Waals surface area contributed by atoms with E-state index < -0.39 is 0 Å². The lowest BCUT2D eigenvalue weighted by atomic mass is 10.1. The predicted molar refractivity (Wildman–Crippen MR) is 89.8 cm³/mol. The van der Waals surface area contributed by atoms with Gasteiger partial charge in [-0.1, -0.05) is 12.1 Å².